The average molecular weight is 184 g/mol. The van der Waals surface area contributed by atoms with E-state index in [0.717, 1.165) is 0 Å². The molecule has 3 heteroatoms. The van der Waals surface area contributed by atoms with E-state index in [-0.39, 0.29) is 17.3 Å². The van der Waals surface area contributed by atoms with Crippen molar-refractivity contribution >= 4 is 5.97 Å². The summed E-state index contributed by atoms with van der Waals surface area (Å²) in [6, 6.07) is 0. The molecule has 2 N–H and O–H groups in total. The minimum atomic E-state index is -1.06. The maximum Gasteiger partial charge on any atom is 0.339 e. The van der Waals surface area contributed by atoms with Gasteiger partial charge >= 0.3 is 5.97 Å². The Hall–Kier alpha value is -1.25. The highest BCUT2D eigenvalue weighted by atomic mass is 16.4. The molecule has 1 atom stereocenters. The van der Waals surface area contributed by atoms with Gasteiger partial charge in [0.25, 0.3) is 0 Å². The van der Waals surface area contributed by atoms with Crippen molar-refractivity contribution in [3.8, 4) is 0 Å². The number of hydrogen-bond donors (Lipinski definition) is 2. The number of rotatable bonds is 1. The van der Waals surface area contributed by atoms with Crippen LogP contribution in [0.2, 0.25) is 0 Å². The molecule has 0 fully saturated rings. The first-order valence-electron chi connectivity index (χ1n) is 4.46. The van der Waals surface area contributed by atoms with E-state index < -0.39 is 5.97 Å². The van der Waals surface area contributed by atoms with Crippen LogP contribution in [0.1, 0.15) is 27.2 Å². The fourth-order valence-corrected chi connectivity index (χ4v) is 1.03. The van der Waals surface area contributed by atoms with Crippen LogP contribution < -0.4 is 0 Å². The normalized spacial score (nSPS) is 20.7. The number of carboxylic acid groups (broad SMARTS) is 1. The summed E-state index contributed by atoms with van der Waals surface area (Å²) in [6.45, 7) is 5.79. The number of carboxylic acids is 1. The predicted octanol–water partition coefficient (Wildman–Crippen LogP) is 2.51. The highest BCUT2D eigenvalue weighted by molar-refractivity contribution is 5.90. The molecule has 1 rings (SSSR count). The third-order valence-corrected chi connectivity index (χ3v) is 1.75. The minimum Gasteiger partial charge on any atom is -0.511 e. The lowest BCUT2D eigenvalue weighted by atomic mass is 9.96. The Morgan fingerprint density at radius 2 is 2.08 bits per heavy atom. The summed E-state index contributed by atoms with van der Waals surface area (Å²) >= 11 is 0. The van der Waals surface area contributed by atoms with Gasteiger partial charge in [-0.3, -0.25) is 0 Å². The lowest BCUT2D eigenvalue weighted by Crippen LogP contribution is -2.11. The van der Waals surface area contributed by atoms with Crippen LogP contribution in [0.15, 0.2) is 23.5 Å². The molecule has 1 aliphatic carbocycles. The lowest BCUT2D eigenvalue weighted by molar-refractivity contribution is -0.132. The molecule has 0 bridgehead atoms. The first-order chi connectivity index (χ1) is 6.13. The molecule has 0 saturated carbocycles. The van der Waals surface area contributed by atoms with Crippen molar-refractivity contribution < 1.29 is 15.0 Å². The zero-order valence-electron chi connectivity index (χ0n) is 8.24. The van der Waals surface area contributed by atoms with E-state index in [1.165, 1.54) is 6.08 Å². The van der Waals surface area contributed by atoms with Crippen LogP contribution in [-0.4, -0.2) is 16.2 Å². The van der Waals surface area contributed by atoms with Gasteiger partial charge in [-0.1, -0.05) is 26.8 Å². The predicted molar refractivity (Wildman–Crippen MR) is 51.6 cm³/mol. The molecule has 0 amide bonds. The molecule has 0 spiro atoms. The molecule has 13 heavy (non-hydrogen) atoms. The third kappa shape index (κ3) is 2.93. The van der Waals surface area contributed by atoms with Gasteiger partial charge in [-0.2, -0.15) is 0 Å². The molecule has 0 aromatic rings. The standard InChI is InChI=1S/C8H10O3.C2H6/c1-5-3-2-4-6(7(5)9)8(10)11;1-2/h2,4-5,9H,3H2,1H3,(H,10,11);1-2H3. The Morgan fingerprint density at radius 1 is 1.54 bits per heavy atom. The van der Waals surface area contributed by atoms with Gasteiger partial charge in [0.15, 0.2) is 0 Å². The minimum absolute atomic E-state index is 0.0139. The number of aliphatic carboxylic acids is 1. The van der Waals surface area contributed by atoms with Gasteiger partial charge in [0, 0.05) is 5.92 Å². The maximum atomic E-state index is 10.4. The molecule has 0 radical (unpaired) electrons. The SMILES string of the molecule is CC.CC1CC=CC(C(=O)O)=C1O. The zero-order valence-corrected chi connectivity index (χ0v) is 8.24. The molecule has 0 aromatic heterocycles. The molecule has 0 saturated heterocycles. The Labute approximate surface area is 78.4 Å². The maximum absolute atomic E-state index is 10.4. The van der Waals surface area contributed by atoms with Gasteiger partial charge < -0.3 is 10.2 Å². The molecular formula is C10H16O3. The molecule has 3 nitrogen and oxygen atoms in total. The fraction of sp³-hybridized carbons (Fsp3) is 0.500. The molecule has 0 aliphatic heterocycles. The van der Waals surface area contributed by atoms with E-state index in [9.17, 15) is 9.90 Å². The van der Waals surface area contributed by atoms with E-state index in [4.69, 9.17) is 5.11 Å². The first-order valence-corrected chi connectivity index (χ1v) is 4.46. The highest BCUT2D eigenvalue weighted by Gasteiger charge is 2.18. The van der Waals surface area contributed by atoms with Crippen molar-refractivity contribution in [3.63, 3.8) is 0 Å². The Kier molecular flexibility index (Phi) is 4.89. The van der Waals surface area contributed by atoms with E-state index in [0.29, 0.717) is 6.42 Å². The molecule has 1 aliphatic rings. The van der Waals surface area contributed by atoms with Gasteiger partial charge in [-0.25, -0.2) is 4.79 Å². The van der Waals surface area contributed by atoms with Crippen molar-refractivity contribution in [1.29, 1.82) is 0 Å². The molecule has 0 heterocycles. The monoisotopic (exact) mass is 184 g/mol. The summed E-state index contributed by atoms with van der Waals surface area (Å²) in [7, 11) is 0. The van der Waals surface area contributed by atoms with Crippen LogP contribution in [0.25, 0.3) is 0 Å². The fourth-order valence-electron chi connectivity index (χ4n) is 1.03. The summed E-state index contributed by atoms with van der Waals surface area (Å²) in [5.41, 5.74) is 0.0174. The van der Waals surface area contributed by atoms with Crippen LogP contribution >= 0.6 is 0 Å². The van der Waals surface area contributed by atoms with Crippen LogP contribution in [0.4, 0.5) is 0 Å². The largest absolute Gasteiger partial charge is 0.511 e. The molecule has 0 aromatic carbocycles. The second-order valence-electron chi connectivity index (χ2n) is 2.64. The topological polar surface area (TPSA) is 57.5 Å². The van der Waals surface area contributed by atoms with Crippen molar-refractivity contribution in [2.24, 2.45) is 5.92 Å². The van der Waals surface area contributed by atoms with Crippen LogP contribution in [0, 0.1) is 5.92 Å². The van der Waals surface area contributed by atoms with Gasteiger partial charge in [0.2, 0.25) is 0 Å². The van der Waals surface area contributed by atoms with Gasteiger partial charge in [0.1, 0.15) is 5.76 Å². The Bertz CT molecular complexity index is 239. The zero-order chi connectivity index (χ0) is 10.4. The highest BCUT2D eigenvalue weighted by Crippen LogP contribution is 2.22. The van der Waals surface area contributed by atoms with E-state index >= 15 is 0 Å². The summed E-state index contributed by atoms with van der Waals surface area (Å²) in [5, 5.41) is 17.8. The summed E-state index contributed by atoms with van der Waals surface area (Å²) in [5.74, 6) is -1.14. The lowest BCUT2D eigenvalue weighted by Gasteiger charge is -2.13. The summed E-state index contributed by atoms with van der Waals surface area (Å²) < 4.78 is 0. The second kappa shape index (κ2) is 5.41. The van der Waals surface area contributed by atoms with Crippen molar-refractivity contribution in [3.05, 3.63) is 23.5 Å². The van der Waals surface area contributed by atoms with E-state index in [1.54, 1.807) is 13.0 Å². The molecule has 74 valence electrons. The summed E-state index contributed by atoms with van der Waals surface area (Å²) in [4.78, 5) is 10.4. The average Bonchev–Trinajstić information content (AvgIpc) is 2.13. The number of aliphatic hydroxyl groups is 1. The van der Waals surface area contributed by atoms with Crippen LogP contribution in [-0.2, 0) is 4.79 Å². The van der Waals surface area contributed by atoms with Gasteiger partial charge in [-0.05, 0) is 12.5 Å². The second-order valence-corrected chi connectivity index (χ2v) is 2.64. The Balaban J connectivity index is 0.000000671. The number of hydrogen-bond acceptors (Lipinski definition) is 2. The van der Waals surface area contributed by atoms with Crippen molar-refractivity contribution in [2.75, 3.05) is 0 Å². The van der Waals surface area contributed by atoms with Crippen molar-refractivity contribution in [1.82, 2.24) is 0 Å². The number of allylic oxidation sites excluding steroid dienone is 2. The van der Waals surface area contributed by atoms with E-state index in [2.05, 4.69) is 0 Å². The quantitative estimate of drug-likeness (QED) is 0.658. The van der Waals surface area contributed by atoms with Gasteiger partial charge in [0.05, 0.1) is 5.57 Å². The molecular weight excluding hydrogens is 168 g/mol. The number of carbonyl (C=O) groups is 1. The summed E-state index contributed by atoms with van der Waals surface area (Å²) in [6.07, 6.45) is 3.91. The van der Waals surface area contributed by atoms with Crippen LogP contribution in [0.5, 0.6) is 0 Å². The third-order valence-electron chi connectivity index (χ3n) is 1.75. The van der Waals surface area contributed by atoms with Crippen molar-refractivity contribution in [2.45, 2.75) is 27.2 Å². The van der Waals surface area contributed by atoms with Crippen LogP contribution in [0.3, 0.4) is 0 Å². The van der Waals surface area contributed by atoms with E-state index in [1.807, 2.05) is 13.8 Å². The number of aliphatic hydroxyl groups excluding tert-OH is 1. The Morgan fingerprint density at radius 3 is 2.46 bits per heavy atom. The smallest absolute Gasteiger partial charge is 0.339 e. The van der Waals surface area contributed by atoms with Gasteiger partial charge in [-0.15, -0.1) is 0 Å². The first kappa shape index (κ1) is 11.8. The molecule has 1 unspecified atom stereocenters.